The van der Waals surface area contributed by atoms with Gasteiger partial charge in [-0.05, 0) is 38.1 Å². The third-order valence-corrected chi connectivity index (χ3v) is 4.80. The highest BCUT2D eigenvalue weighted by atomic mass is 16.5. The van der Waals surface area contributed by atoms with Gasteiger partial charge in [-0.2, -0.15) is 0 Å². The summed E-state index contributed by atoms with van der Waals surface area (Å²) in [5.74, 6) is 3.18. The van der Waals surface area contributed by atoms with Gasteiger partial charge in [0.05, 0.1) is 24.5 Å². The molecule has 0 fully saturated rings. The number of nitrogens with zero attached hydrogens (tertiary/aromatic N) is 6. The van der Waals surface area contributed by atoms with Crippen LogP contribution in [0.15, 0.2) is 36.7 Å². The van der Waals surface area contributed by atoms with Crippen molar-refractivity contribution in [1.82, 2.24) is 24.7 Å². The molecule has 0 saturated heterocycles. The van der Waals surface area contributed by atoms with Gasteiger partial charge in [0, 0.05) is 32.4 Å². The van der Waals surface area contributed by atoms with Gasteiger partial charge in [-0.15, -0.1) is 10.2 Å². The summed E-state index contributed by atoms with van der Waals surface area (Å²) in [5.41, 5.74) is 2.06. The van der Waals surface area contributed by atoms with Crippen LogP contribution >= 0.6 is 0 Å². The van der Waals surface area contributed by atoms with E-state index in [2.05, 4.69) is 25.1 Å². The molecule has 3 heterocycles. The zero-order valence-electron chi connectivity index (χ0n) is 16.4. The Morgan fingerprint density at radius 1 is 1.04 bits per heavy atom. The molecule has 1 unspecified atom stereocenters. The number of benzene rings is 1. The van der Waals surface area contributed by atoms with Gasteiger partial charge in [0.1, 0.15) is 11.5 Å². The summed E-state index contributed by atoms with van der Waals surface area (Å²) in [6.07, 6.45) is 4.09. The van der Waals surface area contributed by atoms with E-state index in [1.807, 2.05) is 49.7 Å². The van der Waals surface area contributed by atoms with Crippen molar-refractivity contribution in [1.29, 1.82) is 0 Å². The van der Waals surface area contributed by atoms with Crippen molar-refractivity contribution in [2.75, 3.05) is 18.1 Å². The van der Waals surface area contributed by atoms with E-state index in [4.69, 9.17) is 9.47 Å². The van der Waals surface area contributed by atoms with Crippen molar-refractivity contribution in [3.8, 4) is 11.5 Å². The summed E-state index contributed by atoms with van der Waals surface area (Å²) in [6.45, 7) is 6.10. The minimum absolute atomic E-state index is 0.235. The Kier molecular flexibility index (Phi) is 5.10. The summed E-state index contributed by atoms with van der Waals surface area (Å²) >= 11 is 0. The van der Waals surface area contributed by atoms with Gasteiger partial charge in [0.15, 0.2) is 11.9 Å². The zero-order valence-corrected chi connectivity index (χ0v) is 16.4. The van der Waals surface area contributed by atoms with E-state index in [9.17, 15) is 0 Å². The molecular weight excluding hydrogens is 356 g/mol. The lowest BCUT2D eigenvalue weighted by Crippen LogP contribution is -2.33. The van der Waals surface area contributed by atoms with E-state index in [1.54, 1.807) is 12.4 Å². The van der Waals surface area contributed by atoms with Crippen molar-refractivity contribution < 1.29 is 9.47 Å². The van der Waals surface area contributed by atoms with Crippen LogP contribution in [-0.2, 0) is 20.0 Å². The maximum atomic E-state index is 6.05. The lowest BCUT2D eigenvalue weighted by Gasteiger charge is -2.27. The van der Waals surface area contributed by atoms with Crippen molar-refractivity contribution >= 4 is 5.95 Å². The molecule has 0 N–H and O–H groups in total. The molecule has 1 aliphatic heterocycles. The van der Waals surface area contributed by atoms with Crippen LogP contribution in [0.1, 0.15) is 37.2 Å². The van der Waals surface area contributed by atoms with Gasteiger partial charge in [-0.1, -0.05) is 0 Å². The normalized spacial score (nSPS) is 14.5. The molecule has 0 amide bonds. The van der Waals surface area contributed by atoms with E-state index >= 15 is 0 Å². The monoisotopic (exact) mass is 380 g/mol. The first kappa shape index (κ1) is 18.2. The van der Waals surface area contributed by atoms with Gasteiger partial charge in [0.2, 0.25) is 5.95 Å². The maximum absolute atomic E-state index is 6.05. The Bertz CT molecular complexity index is 940. The van der Waals surface area contributed by atoms with Crippen LogP contribution in [0.3, 0.4) is 0 Å². The molecule has 0 bridgehead atoms. The second-order valence-electron chi connectivity index (χ2n) is 6.70. The fourth-order valence-electron chi connectivity index (χ4n) is 3.41. The summed E-state index contributed by atoms with van der Waals surface area (Å²) in [5, 5.41) is 8.78. The van der Waals surface area contributed by atoms with Crippen LogP contribution < -0.4 is 14.4 Å². The number of fused-ring (bicyclic) bond motifs is 1. The first-order chi connectivity index (χ1) is 13.7. The van der Waals surface area contributed by atoms with Crippen LogP contribution in [0.25, 0.3) is 0 Å². The number of hydrogen-bond acceptors (Lipinski definition) is 7. The van der Waals surface area contributed by atoms with E-state index in [-0.39, 0.29) is 6.10 Å². The Balaban J connectivity index is 1.47. The average molecular weight is 380 g/mol. The molecule has 0 aliphatic carbocycles. The molecule has 0 spiro atoms. The molecule has 1 atom stereocenters. The molecule has 4 rings (SSSR count). The Labute approximate surface area is 164 Å². The molecule has 2 aromatic heterocycles. The van der Waals surface area contributed by atoms with Crippen LogP contribution in [-0.4, -0.2) is 37.9 Å². The molecule has 8 nitrogen and oxygen atoms in total. The lowest BCUT2D eigenvalue weighted by atomic mass is 10.1. The third kappa shape index (κ3) is 3.62. The smallest absolute Gasteiger partial charge is 0.227 e. The fourth-order valence-corrected chi connectivity index (χ4v) is 3.41. The second-order valence-corrected chi connectivity index (χ2v) is 6.70. The fraction of sp³-hybridized carbons (Fsp3) is 0.400. The Morgan fingerprint density at radius 3 is 2.50 bits per heavy atom. The number of ether oxygens (including phenoxy) is 2. The van der Waals surface area contributed by atoms with Gasteiger partial charge in [-0.25, -0.2) is 0 Å². The molecule has 28 heavy (non-hydrogen) atoms. The minimum atomic E-state index is -0.235. The van der Waals surface area contributed by atoms with Gasteiger partial charge in [-0.3, -0.25) is 14.5 Å². The Morgan fingerprint density at radius 2 is 1.75 bits per heavy atom. The summed E-state index contributed by atoms with van der Waals surface area (Å²) < 4.78 is 13.5. The largest absolute Gasteiger partial charge is 0.494 e. The molecule has 146 valence electrons. The highest BCUT2D eigenvalue weighted by Gasteiger charge is 2.24. The number of rotatable bonds is 6. The van der Waals surface area contributed by atoms with E-state index < -0.39 is 0 Å². The van der Waals surface area contributed by atoms with Gasteiger partial charge < -0.3 is 14.4 Å². The van der Waals surface area contributed by atoms with Crippen molar-refractivity contribution in [3.05, 3.63) is 53.9 Å². The highest BCUT2D eigenvalue weighted by Crippen LogP contribution is 2.26. The zero-order chi connectivity index (χ0) is 19.5. The number of anilines is 1. The van der Waals surface area contributed by atoms with E-state index in [0.29, 0.717) is 13.2 Å². The number of hydrogen-bond donors (Lipinski definition) is 0. The topological polar surface area (TPSA) is 78.2 Å². The van der Waals surface area contributed by atoms with Crippen molar-refractivity contribution in [2.24, 2.45) is 7.05 Å². The van der Waals surface area contributed by atoms with E-state index in [1.165, 1.54) is 0 Å². The van der Waals surface area contributed by atoms with Crippen LogP contribution in [0.4, 0.5) is 5.95 Å². The summed E-state index contributed by atoms with van der Waals surface area (Å²) in [4.78, 5) is 11.0. The molecule has 0 saturated carbocycles. The van der Waals surface area contributed by atoms with Gasteiger partial charge >= 0.3 is 0 Å². The van der Waals surface area contributed by atoms with E-state index in [0.717, 1.165) is 47.6 Å². The molecule has 1 aliphatic rings. The lowest BCUT2D eigenvalue weighted by molar-refractivity contribution is 0.212. The number of aromatic nitrogens is 5. The van der Waals surface area contributed by atoms with Crippen LogP contribution in [0.5, 0.6) is 11.5 Å². The average Bonchev–Trinajstić information content (AvgIpc) is 3.11. The molecule has 8 heteroatoms. The molecule has 1 aromatic carbocycles. The maximum Gasteiger partial charge on any atom is 0.227 e. The SMILES string of the molecule is CCOc1ccc(OC(C)c2nnc(N3CCc4nccnc4C3)n2C)cc1. The highest BCUT2D eigenvalue weighted by molar-refractivity contribution is 5.36. The quantitative estimate of drug-likeness (QED) is 0.650. The molecule has 0 radical (unpaired) electrons. The summed E-state index contributed by atoms with van der Waals surface area (Å²) in [6, 6.07) is 7.61. The first-order valence-electron chi connectivity index (χ1n) is 9.48. The summed E-state index contributed by atoms with van der Waals surface area (Å²) in [7, 11) is 1.97. The van der Waals surface area contributed by atoms with Crippen LogP contribution in [0.2, 0.25) is 0 Å². The first-order valence-corrected chi connectivity index (χ1v) is 9.48. The Hall–Kier alpha value is -3.16. The van der Waals surface area contributed by atoms with Crippen LogP contribution in [0, 0.1) is 0 Å². The molecular formula is C20H24N6O2. The third-order valence-electron chi connectivity index (χ3n) is 4.80. The minimum Gasteiger partial charge on any atom is -0.494 e. The predicted molar refractivity (Wildman–Crippen MR) is 104 cm³/mol. The molecule has 3 aromatic rings. The van der Waals surface area contributed by atoms with Gasteiger partial charge in [0.25, 0.3) is 0 Å². The second kappa shape index (κ2) is 7.84. The van der Waals surface area contributed by atoms with Crippen molar-refractivity contribution in [3.63, 3.8) is 0 Å². The van der Waals surface area contributed by atoms with Crippen molar-refractivity contribution in [2.45, 2.75) is 32.9 Å². The standard InChI is InChI=1S/C20H24N6O2/c1-4-27-15-5-7-16(8-6-15)28-14(2)19-23-24-20(25(19)3)26-12-9-17-18(13-26)22-11-10-21-17/h5-8,10-11,14H,4,9,12-13H2,1-3H3. The predicted octanol–water partition coefficient (Wildman–Crippen LogP) is 2.71.